The third-order valence-corrected chi connectivity index (χ3v) is 8.80. The largest absolute Gasteiger partial charge is 0.464 e. The van der Waals surface area contributed by atoms with E-state index in [1.807, 2.05) is 12.1 Å². The van der Waals surface area contributed by atoms with Crippen LogP contribution in [-0.2, 0) is 5.41 Å². The number of benzene rings is 1. The van der Waals surface area contributed by atoms with E-state index in [0.29, 0.717) is 11.8 Å². The lowest BCUT2D eigenvalue weighted by molar-refractivity contribution is -0.115. The molecule has 4 nitrogen and oxygen atoms in total. The van der Waals surface area contributed by atoms with Crippen molar-refractivity contribution in [2.24, 2.45) is 17.3 Å². The van der Waals surface area contributed by atoms with E-state index in [0.717, 1.165) is 76.4 Å². The Labute approximate surface area is 181 Å². The lowest BCUT2D eigenvalue weighted by Gasteiger charge is -2.53. The van der Waals surface area contributed by atoms with Gasteiger partial charge in [-0.25, -0.2) is 0 Å². The van der Waals surface area contributed by atoms with E-state index >= 15 is 0 Å². The molecule has 4 heteroatoms. The molecule has 2 aliphatic heterocycles. The molecule has 2 aliphatic carbocycles. The molecule has 0 aromatic heterocycles. The van der Waals surface area contributed by atoms with Gasteiger partial charge in [-0.1, -0.05) is 32.4 Å². The van der Waals surface area contributed by atoms with Crippen molar-refractivity contribution in [3.05, 3.63) is 29.8 Å². The van der Waals surface area contributed by atoms with Crippen LogP contribution >= 0.6 is 0 Å². The van der Waals surface area contributed by atoms with Gasteiger partial charge in [-0.05, 0) is 99.2 Å². The summed E-state index contributed by atoms with van der Waals surface area (Å²) in [6.45, 7) is 4.64. The molecule has 3 N–H and O–H groups in total. The van der Waals surface area contributed by atoms with Crippen LogP contribution < -0.4 is 4.74 Å². The minimum atomic E-state index is -0.838. The van der Waals surface area contributed by atoms with Crippen molar-refractivity contribution in [3.8, 4) is 5.75 Å². The summed E-state index contributed by atoms with van der Waals surface area (Å²) >= 11 is 0. The molecule has 5 rings (SSSR count). The quantitative estimate of drug-likeness (QED) is 0.615. The summed E-state index contributed by atoms with van der Waals surface area (Å²) in [7, 11) is 0. The zero-order valence-electron chi connectivity index (χ0n) is 18.7. The molecule has 1 aromatic carbocycles. The molecule has 2 saturated carbocycles. The van der Waals surface area contributed by atoms with Crippen molar-refractivity contribution in [3.63, 3.8) is 0 Å². The smallest absolute Gasteiger partial charge is 0.207 e. The molecule has 2 atom stereocenters. The summed E-state index contributed by atoms with van der Waals surface area (Å²) in [6.07, 6.45) is 9.33. The lowest BCUT2D eigenvalue weighted by atomic mass is 9.53. The van der Waals surface area contributed by atoms with Gasteiger partial charge in [0.15, 0.2) is 0 Å². The Balaban J connectivity index is 1.70. The molecule has 0 amide bonds. The fourth-order valence-electron chi connectivity index (χ4n) is 7.01. The fourth-order valence-corrected chi connectivity index (χ4v) is 7.01. The van der Waals surface area contributed by atoms with E-state index in [1.165, 1.54) is 5.56 Å². The first-order chi connectivity index (χ1) is 14.4. The number of aliphatic hydroxyl groups excluding tert-OH is 3. The Hall–Kier alpha value is -1.10. The molecular weight excluding hydrogens is 376 g/mol. The molecule has 2 fully saturated rings. The first-order valence-electron chi connectivity index (χ1n) is 12.2. The van der Waals surface area contributed by atoms with Gasteiger partial charge in [0, 0.05) is 0 Å². The highest BCUT2D eigenvalue weighted by Crippen LogP contribution is 2.57. The summed E-state index contributed by atoms with van der Waals surface area (Å²) in [6, 6.07) is 8.27. The maximum absolute atomic E-state index is 11.3. The monoisotopic (exact) mass is 416 g/mol. The van der Waals surface area contributed by atoms with Gasteiger partial charge in [0.05, 0.1) is 17.6 Å². The van der Waals surface area contributed by atoms with E-state index in [-0.39, 0.29) is 17.6 Å². The number of hydrogen-bond donors (Lipinski definition) is 3. The number of aliphatic hydroxyl groups is 3. The molecule has 2 bridgehead atoms. The average molecular weight is 417 g/mol. The van der Waals surface area contributed by atoms with Crippen molar-refractivity contribution in [2.75, 3.05) is 0 Å². The maximum atomic E-state index is 11.3. The number of rotatable bonds is 6. The summed E-state index contributed by atoms with van der Waals surface area (Å²) in [5.41, 5.74) is 0.818. The van der Waals surface area contributed by atoms with Crippen LogP contribution in [0.4, 0.5) is 0 Å². The third-order valence-electron chi connectivity index (χ3n) is 8.80. The van der Waals surface area contributed by atoms with Crippen molar-refractivity contribution < 1.29 is 20.1 Å². The number of ether oxygens (including phenoxy) is 1. The highest BCUT2D eigenvalue weighted by Gasteiger charge is 2.52. The van der Waals surface area contributed by atoms with Gasteiger partial charge < -0.3 is 20.1 Å². The normalized spacial score (nSPS) is 38.5. The van der Waals surface area contributed by atoms with Crippen LogP contribution in [0.1, 0.15) is 90.0 Å². The SMILES string of the molecule is CCCC1(CC(C)(C2CCC(O)CC2)C2CCC(O)CC2)c2ccc(cc2)OC1O. The summed E-state index contributed by atoms with van der Waals surface area (Å²) < 4.78 is 6.02. The Morgan fingerprint density at radius 2 is 1.37 bits per heavy atom. The topological polar surface area (TPSA) is 69.9 Å². The zero-order valence-corrected chi connectivity index (χ0v) is 18.7. The van der Waals surface area contributed by atoms with Gasteiger partial charge in [0.2, 0.25) is 6.29 Å². The molecule has 0 radical (unpaired) electrons. The van der Waals surface area contributed by atoms with Gasteiger partial charge in [-0.2, -0.15) is 0 Å². The minimum absolute atomic E-state index is 0.0432. The van der Waals surface area contributed by atoms with Gasteiger partial charge in [-0.3, -0.25) is 0 Å². The van der Waals surface area contributed by atoms with Gasteiger partial charge in [-0.15, -0.1) is 0 Å². The minimum Gasteiger partial charge on any atom is -0.464 e. The highest BCUT2D eigenvalue weighted by atomic mass is 16.6. The summed E-state index contributed by atoms with van der Waals surface area (Å²) in [4.78, 5) is 0. The first-order valence-corrected chi connectivity index (χ1v) is 12.2. The van der Waals surface area contributed by atoms with E-state index in [9.17, 15) is 15.3 Å². The molecule has 2 heterocycles. The Morgan fingerprint density at radius 1 is 0.867 bits per heavy atom. The van der Waals surface area contributed by atoms with Crippen LogP contribution in [0.2, 0.25) is 0 Å². The zero-order chi connectivity index (χ0) is 21.4. The van der Waals surface area contributed by atoms with Crippen LogP contribution in [0.5, 0.6) is 5.75 Å². The second kappa shape index (κ2) is 8.80. The van der Waals surface area contributed by atoms with Gasteiger partial charge >= 0.3 is 0 Å². The van der Waals surface area contributed by atoms with E-state index in [2.05, 4.69) is 26.0 Å². The van der Waals surface area contributed by atoms with Crippen molar-refractivity contribution in [2.45, 2.75) is 108 Å². The van der Waals surface area contributed by atoms with Crippen molar-refractivity contribution >= 4 is 0 Å². The number of hydrogen-bond acceptors (Lipinski definition) is 4. The molecule has 1 aromatic rings. The fraction of sp³-hybridized carbons (Fsp3) is 0.769. The molecule has 4 aliphatic rings. The average Bonchev–Trinajstić information content (AvgIpc) is 2.93. The van der Waals surface area contributed by atoms with Crippen molar-refractivity contribution in [1.82, 2.24) is 0 Å². The van der Waals surface area contributed by atoms with E-state index < -0.39 is 11.7 Å². The second-order valence-corrected chi connectivity index (χ2v) is 10.6. The molecule has 30 heavy (non-hydrogen) atoms. The predicted molar refractivity (Wildman–Crippen MR) is 118 cm³/mol. The molecular formula is C26H40O4. The Morgan fingerprint density at radius 3 is 1.83 bits per heavy atom. The lowest BCUT2D eigenvalue weighted by Crippen LogP contribution is -2.50. The Kier molecular flexibility index (Phi) is 6.48. The highest BCUT2D eigenvalue weighted by molar-refractivity contribution is 5.37. The second-order valence-electron chi connectivity index (χ2n) is 10.6. The predicted octanol–water partition coefficient (Wildman–Crippen LogP) is 4.93. The van der Waals surface area contributed by atoms with Gasteiger partial charge in [0.1, 0.15) is 5.75 Å². The van der Waals surface area contributed by atoms with E-state index in [1.54, 1.807) is 0 Å². The Bertz CT molecular complexity index is 663. The van der Waals surface area contributed by atoms with Crippen LogP contribution in [-0.4, -0.2) is 33.8 Å². The van der Waals surface area contributed by atoms with E-state index in [4.69, 9.17) is 4.74 Å². The van der Waals surface area contributed by atoms with Crippen LogP contribution in [0.15, 0.2) is 24.3 Å². The standard InChI is InChI=1S/C26H40O4/c1-3-16-26(20-8-14-23(15-9-20)30-24(26)29)17-25(2,18-4-10-21(27)11-5-18)19-6-12-22(28)13-7-19/h8-9,14-15,18-19,21-22,24,27-29H,3-7,10-13,16-17H2,1-2H3. The van der Waals surface area contributed by atoms with Crippen LogP contribution in [0.25, 0.3) is 0 Å². The number of fused-ring (bicyclic) bond motifs is 4. The molecule has 0 saturated heterocycles. The molecule has 0 spiro atoms. The molecule has 2 unspecified atom stereocenters. The van der Waals surface area contributed by atoms with Gasteiger partial charge in [0.25, 0.3) is 0 Å². The van der Waals surface area contributed by atoms with Crippen molar-refractivity contribution in [1.29, 1.82) is 0 Å². The van der Waals surface area contributed by atoms with Crippen LogP contribution in [0.3, 0.4) is 0 Å². The summed E-state index contributed by atoms with van der Waals surface area (Å²) in [5.74, 6) is 1.81. The third kappa shape index (κ3) is 4.03. The van der Waals surface area contributed by atoms with Crippen LogP contribution in [0, 0.1) is 17.3 Å². The first kappa shape index (κ1) is 22.1. The maximum Gasteiger partial charge on any atom is 0.207 e. The summed E-state index contributed by atoms with van der Waals surface area (Å²) in [5, 5.41) is 31.6. The molecule has 168 valence electrons.